The fourth-order valence-corrected chi connectivity index (χ4v) is 3.30. The van der Waals surface area contributed by atoms with E-state index in [2.05, 4.69) is 10.3 Å². The number of benzene rings is 1. The highest BCUT2D eigenvalue weighted by molar-refractivity contribution is 8.04. The second-order valence-corrected chi connectivity index (χ2v) is 6.03. The quantitative estimate of drug-likeness (QED) is 0.848. The summed E-state index contributed by atoms with van der Waals surface area (Å²) < 4.78 is 0. The number of nitrogens with zero attached hydrogens (tertiary/aromatic N) is 1. The Bertz CT molecular complexity index is 737. The molecule has 100 valence electrons. The Morgan fingerprint density at radius 1 is 1.35 bits per heavy atom. The molecule has 1 aliphatic rings. The number of Topliss-reactive ketones (excluding diaryl/α,β-unsaturated/α-hetero) is 1. The number of nitrogens with one attached hydrogen (secondary N) is 1. The molecule has 0 unspecified atom stereocenters. The molecule has 0 atom stereocenters. The van der Waals surface area contributed by atoms with Crippen molar-refractivity contribution in [2.45, 2.75) is 4.90 Å². The number of rotatable bonds is 3. The minimum absolute atomic E-state index is 0.0342. The number of thiazole rings is 1. The Kier molecular flexibility index (Phi) is 3.29. The van der Waals surface area contributed by atoms with Gasteiger partial charge in [-0.15, -0.1) is 0 Å². The van der Waals surface area contributed by atoms with Crippen molar-refractivity contribution in [3.63, 3.8) is 0 Å². The number of fused-ring (bicyclic) bond motifs is 1. The van der Waals surface area contributed by atoms with Crippen molar-refractivity contribution in [3.05, 3.63) is 52.0 Å². The van der Waals surface area contributed by atoms with E-state index in [0.717, 1.165) is 16.2 Å². The van der Waals surface area contributed by atoms with E-state index in [1.165, 1.54) is 18.0 Å². The van der Waals surface area contributed by atoms with Crippen molar-refractivity contribution >= 4 is 40.0 Å². The van der Waals surface area contributed by atoms with Gasteiger partial charge in [-0.1, -0.05) is 35.2 Å². The van der Waals surface area contributed by atoms with Crippen molar-refractivity contribution in [3.8, 4) is 0 Å². The minimum Gasteiger partial charge on any atom is -0.477 e. The molecule has 3 rings (SSSR count). The van der Waals surface area contributed by atoms with Crippen molar-refractivity contribution < 1.29 is 14.7 Å². The van der Waals surface area contributed by atoms with Gasteiger partial charge in [0.1, 0.15) is 4.88 Å². The van der Waals surface area contributed by atoms with Gasteiger partial charge in [-0.05, 0) is 12.1 Å². The molecule has 0 saturated heterocycles. The normalized spacial score (nSPS) is 15.4. The first-order valence-electron chi connectivity index (χ1n) is 5.62. The van der Waals surface area contributed by atoms with E-state index in [1.807, 2.05) is 18.2 Å². The lowest BCUT2D eigenvalue weighted by molar-refractivity contribution is 0.0701. The summed E-state index contributed by atoms with van der Waals surface area (Å²) in [6.45, 7) is 0. The maximum atomic E-state index is 12.1. The van der Waals surface area contributed by atoms with Crippen LogP contribution in [0.25, 0.3) is 0 Å². The van der Waals surface area contributed by atoms with Crippen LogP contribution < -0.4 is 5.32 Å². The molecular weight excluding hydrogens is 296 g/mol. The number of thioether (sulfide) groups is 1. The van der Waals surface area contributed by atoms with Gasteiger partial charge in [-0.3, -0.25) is 4.79 Å². The third-order valence-electron chi connectivity index (χ3n) is 2.62. The molecule has 20 heavy (non-hydrogen) atoms. The third kappa shape index (κ3) is 2.33. The first-order valence-corrected chi connectivity index (χ1v) is 7.26. The molecule has 0 fully saturated rings. The zero-order valence-corrected chi connectivity index (χ0v) is 11.6. The summed E-state index contributed by atoms with van der Waals surface area (Å²) >= 11 is 2.41. The number of ketones is 1. The topological polar surface area (TPSA) is 79.3 Å². The minimum atomic E-state index is -1.01. The first kappa shape index (κ1) is 12.9. The van der Waals surface area contributed by atoms with Crippen molar-refractivity contribution in [1.82, 2.24) is 4.98 Å². The lowest BCUT2D eigenvalue weighted by Gasteiger charge is -1.95. The lowest BCUT2D eigenvalue weighted by atomic mass is 10.1. The van der Waals surface area contributed by atoms with Gasteiger partial charge < -0.3 is 10.4 Å². The Morgan fingerprint density at radius 3 is 2.85 bits per heavy atom. The maximum absolute atomic E-state index is 12.1. The summed E-state index contributed by atoms with van der Waals surface area (Å²) in [7, 11) is 0. The van der Waals surface area contributed by atoms with Crippen LogP contribution in [0.2, 0.25) is 0 Å². The van der Waals surface area contributed by atoms with Gasteiger partial charge in [0, 0.05) is 16.7 Å². The molecule has 2 N–H and O–H groups in total. The Hall–Kier alpha value is -2.12. The molecule has 0 spiro atoms. The van der Waals surface area contributed by atoms with Crippen LogP contribution in [0.1, 0.15) is 20.0 Å². The molecule has 0 amide bonds. The summed E-state index contributed by atoms with van der Waals surface area (Å²) in [4.78, 5) is 28.4. The fraction of sp³-hybridized carbons (Fsp3) is 0. The molecule has 7 heteroatoms. The number of carboxylic acid groups (broad SMARTS) is 1. The highest BCUT2D eigenvalue weighted by Crippen LogP contribution is 2.39. The molecule has 2 heterocycles. The number of aromatic carboxylic acids is 1. The van der Waals surface area contributed by atoms with Crippen LogP contribution in [0, 0.1) is 0 Å². The van der Waals surface area contributed by atoms with Gasteiger partial charge in [0.15, 0.2) is 5.13 Å². The van der Waals surface area contributed by atoms with Crippen molar-refractivity contribution in [2.75, 3.05) is 5.32 Å². The molecule has 5 nitrogen and oxygen atoms in total. The summed E-state index contributed by atoms with van der Waals surface area (Å²) in [5.41, 5.74) is 0.691. The van der Waals surface area contributed by atoms with Crippen LogP contribution in [0.5, 0.6) is 0 Å². The summed E-state index contributed by atoms with van der Waals surface area (Å²) in [6.07, 6.45) is 2.85. The van der Waals surface area contributed by atoms with E-state index in [1.54, 1.807) is 12.3 Å². The number of hydrogen-bond acceptors (Lipinski definition) is 6. The van der Waals surface area contributed by atoms with Crippen LogP contribution in [-0.2, 0) is 0 Å². The van der Waals surface area contributed by atoms with Gasteiger partial charge in [0.25, 0.3) is 0 Å². The zero-order valence-electron chi connectivity index (χ0n) is 9.99. The summed E-state index contributed by atoms with van der Waals surface area (Å²) in [5.74, 6) is -1.05. The van der Waals surface area contributed by atoms with E-state index in [9.17, 15) is 9.59 Å². The smallest absolute Gasteiger partial charge is 0.347 e. The zero-order chi connectivity index (χ0) is 14.1. The molecule has 0 saturated carbocycles. The molecule has 0 bridgehead atoms. The van der Waals surface area contributed by atoms with Gasteiger partial charge in [-0.2, -0.15) is 0 Å². The third-order valence-corrected chi connectivity index (χ3v) is 4.63. The van der Waals surface area contributed by atoms with E-state index in [0.29, 0.717) is 15.6 Å². The maximum Gasteiger partial charge on any atom is 0.347 e. The number of anilines is 1. The average Bonchev–Trinajstić information content (AvgIpc) is 3.03. The van der Waals surface area contributed by atoms with Crippen LogP contribution in [0.15, 0.2) is 46.5 Å². The standard InChI is InChI=1S/C13H8N2O3S2/c16-11-7-3-1-2-4-8(7)19-9(11)5-14-13-15-6-10(20-13)12(17)18/h1-6H,(H,14,15)(H,17,18). The largest absolute Gasteiger partial charge is 0.477 e. The second-order valence-electron chi connectivity index (χ2n) is 3.92. The van der Waals surface area contributed by atoms with Crippen LogP contribution in [-0.4, -0.2) is 21.8 Å². The predicted molar refractivity (Wildman–Crippen MR) is 77.4 cm³/mol. The number of carbonyl (C=O) groups excluding carboxylic acids is 1. The van der Waals surface area contributed by atoms with E-state index in [-0.39, 0.29) is 10.7 Å². The number of carbonyl (C=O) groups is 2. The Balaban J connectivity index is 1.78. The number of aromatic nitrogens is 1. The van der Waals surface area contributed by atoms with Gasteiger partial charge >= 0.3 is 5.97 Å². The van der Waals surface area contributed by atoms with Crippen LogP contribution in [0.4, 0.5) is 5.13 Å². The van der Waals surface area contributed by atoms with E-state index < -0.39 is 5.97 Å². The SMILES string of the molecule is O=C(O)c1cnc(NC=C2Sc3ccccc3C2=O)s1. The predicted octanol–water partition coefficient (Wildman–Crippen LogP) is 3.08. The van der Waals surface area contributed by atoms with E-state index in [4.69, 9.17) is 5.11 Å². The highest BCUT2D eigenvalue weighted by Gasteiger charge is 2.25. The molecule has 1 aliphatic heterocycles. The Morgan fingerprint density at radius 2 is 2.15 bits per heavy atom. The van der Waals surface area contributed by atoms with Crippen LogP contribution in [0.3, 0.4) is 0 Å². The molecule has 1 aromatic carbocycles. The average molecular weight is 304 g/mol. The first-order chi connectivity index (χ1) is 9.65. The number of allylic oxidation sites excluding steroid dienone is 1. The van der Waals surface area contributed by atoms with Gasteiger partial charge in [0.2, 0.25) is 5.78 Å². The highest BCUT2D eigenvalue weighted by atomic mass is 32.2. The molecule has 1 aromatic heterocycles. The van der Waals surface area contributed by atoms with Crippen molar-refractivity contribution in [2.24, 2.45) is 0 Å². The molecule has 0 aliphatic carbocycles. The summed E-state index contributed by atoms with van der Waals surface area (Å²) in [6, 6.07) is 7.39. The van der Waals surface area contributed by atoms with Crippen LogP contribution >= 0.6 is 23.1 Å². The fourth-order valence-electron chi connectivity index (χ4n) is 1.70. The Labute approximate surface area is 122 Å². The molecule has 2 aromatic rings. The van der Waals surface area contributed by atoms with Crippen molar-refractivity contribution in [1.29, 1.82) is 0 Å². The number of carboxylic acids is 1. The van der Waals surface area contributed by atoms with Gasteiger partial charge in [0.05, 0.1) is 11.1 Å². The van der Waals surface area contributed by atoms with Gasteiger partial charge in [-0.25, -0.2) is 9.78 Å². The summed E-state index contributed by atoms with van der Waals surface area (Å²) in [5, 5.41) is 12.1. The monoisotopic (exact) mass is 304 g/mol. The molecule has 0 radical (unpaired) electrons. The second kappa shape index (κ2) is 5.10. The molecular formula is C13H8N2O3S2. The van der Waals surface area contributed by atoms with E-state index >= 15 is 0 Å². The lowest BCUT2D eigenvalue weighted by Crippen LogP contribution is -1.97. The number of hydrogen-bond donors (Lipinski definition) is 2.